The van der Waals surface area contributed by atoms with Crippen LogP contribution >= 0.6 is 0 Å². The smallest absolute Gasteiger partial charge is 0.233 e. The molecule has 0 saturated carbocycles. The van der Waals surface area contributed by atoms with Gasteiger partial charge in [0.2, 0.25) is 5.91 Å². The van der Waals surface area contributed by atoms with Crippen molar-refractivity contribution in [3.05, 3.63) is 23.3 Å². The van der Waals surface area contributed by atoms with Gasteiger partial charge in [-0.1, -0.05) is 0 Å². The van der Waals surface area contributed by atoms with Crippen LogP contribution in [0, 0.1) is 0 Å². The van der Waals surface area contributed by atoms with E-state index in [1.165, 1.54) is 5.56 Å². The van der Waals surface area contributed by atoms with Gasteiger partial charge in [0.15, 0.2) is 0 Å². The van der Waals surface area contributed by atoms with Gasteiger partial charge >= 0.3 is 0 Å². The molecule has 25 heavy (non-hydrogen) atoms. The van der Waals surface area contributed by atoms with E-state index in [1.807, 2.05) is 0 Å². The summed E-state index contributed by atoms with van der Waals surface area (Å²) in [5.74, 6) is 2.01. The maximum absolute atomic E-state index is 11.5. The molecule has 2 heterocycles. The zero-order chi connectivity index (χ0) is 17.8. The second-order valence-electron chi connectivity index (χ2n) is 7.01. The quantitative estimate of drug-likeness (QED) is 0.813. The number of fused-ring (bicyclic) bond motifs is 1. The van der Waals surface area contributed by atoms with Crippen LogP contribution in [0.3, 0.4) is 0 Å². The molecule has 1 aromatic rings. The molecule has 1 atom stereocenters. The number of nitrogens with one attached hydrogen (secondary N) is 2. The van der Waals surface area contributed by atoms with E-state index >= 15 is 0 Å². The van der Waals surface area contributed by atoms with Crippen LogP contribution in [0.2, 0.25) is 0 Å². The summed E-state index contributed by atoms with van der Waals surface area (Å²) in [6.07, 6.45) is 3.30. The summed E-state index contributed by atoms with van der Waals surface area (Å²) < 4.78 is 11.4. The number of methoxy groups -OCH3 is 1. The third-order valence-corrected chi connectivity index (χ3v) is 5.11. The zero-order valence-electron chi connectivity index (χ0n) is 15.4. The summed E-state index contributed by atoms with van der Waals surface area (Å²) in [5, 5.41) is 6.32. The summed E-state index contributed by atoms with van der Waals surface area (Å²) in [6, 6.07) is 4.70. The van der Waals surface area contributed by atoms with E-state index in [0.29, 0.717) is 12.6 Å². The van der Waals surface area contributed by atoms with Crippen molar-refractivity contribution >= 4 is 5.91 Å². The molecule has 2 aliphatic rings. The molecule has 2 aliphatic heterocycles. The van der Waals surface area contributed by atoms with Crippen molar-refractivity contribution in [2.75, 3.05) is 33.8 Å². The third kappa shape index (κ3) is 4.44. The monoisotopic (exact) mass is 347 g/mol. The highest BCUT2D eigenvalue weighted by molar-refractivity contribution is 5.77. The van der Waals surface area contributed by atoms with Gasteiger partial charge in [0.25, 0.3) is 0 Å². The van der Waals surface area contributed by atoms with E-state index in [4.69, 9.17) is 9.47 Å². The lowest BCUT2D eigenvalue weighted by Gasteiger charge is -2.32. The van der Waals surface area contributed by atoms with Gasteiger partial charge in [-0.25, -0.2) is 0 Å². The van der Waals surface area contributed by atoms with E-state index in [-0.39, 0.29) is 12.0 Å². The Balaban J connectivity index is 1.53. The Bertz CT molecular complexity index is 612. The first kappa shape index (κ1) is 18.0. The van der Waals surface area contributed by atoms with E-state index in [2.05, 4.69) is 34.6 Å². The number of nitrogens with zero attached hydrogens (tertiary/aromatic N) is 1. The predicted molar refractivity (Wildman–Crippen MR) is 97.2 cm³/mol. The molecule has 6 nitrogen and oxygen atoms in total. The van der Waals surface area contributed by atoms with Gasteiger partial charge in [0.05, 0.1) is 13.7 Å². The lowest BCUT2D eigenvalue weighted by atomic mass is 10.0. The topological polar surface area (TPSA) is 62.8 Å². The fourth-order valence-corrected chi connectivity index (χ4v) is 3.64. The second-order valence-corrected chi connectivity index (χ2v) is 7.01. The zero-order valence-corrected chi connectivity index (χ0v) is 15.4. The number of hydrogen-bond acceptors (Lipinski definition) is 5. The van der Waals surface area contributed by atoms with Crippen molar-refractivity contribution in [3.63, 3.8) is 0 Å². The minimum Gasteiger partial charge on any atom is -0.496 e. The number of carbonyl (C=O) groups is 1. The first-order chi connectivity index (χ1) is 12.1. The van der Waals surface area contributed by atoms with Crippen LogP contribution in [0.5, 0.6) is 11.5 Å². The SMILES string of the molecule is CNC(=O)CN1CCC(NCc2cc3c(cc2OC)CC(C)O3)CC1. The Morgan fingerprint density at radius 1 is 1.36 bits per heavy atom. The average molecular weight is 347 g/mol. The Labute approximate surface area is 149 Å². The standard InChI is InChI=1S/C19H29N3O3/c1-13-8-14-9-17(24-3)15(10-18(14)25-13)11-21-16-4-6-22(7-5-16)12-19(23)20-2/h9-10,13,16,21H,4-8,11-12H2,1-3H3,(H,20,23). The van der Waals surface area contributed by atoms with Gasteiger partial charge in [0.1, 0.15) is 17.6 Å². The number of likely N-dealkylation sites (N-methyl/N-ethyl adjacent to an activating group) is 1. The van der Waals surface area contributed by atoms with Crippen LogP contribution in [0.4, 0.5) is 0 Å². The van der Waals surface area contributed by atoms with Gasteiger partial charge < -0.3 is 20.1 Å². The van der Waals surface area contributed by atoms with Crippen molar-refractivity contribution < 1.29 is 14.3 Å². The molecular weight excluding hydrogens is 318 g/mol. The highest BCUT2D eigenvalue weighted by Crippen LogP contribution is 2.35. The second kappa shape index (κ2) is 8.06. The van der Waals surface area contributed by atoms with Crippen LogP contribution in [-0.4, -0.2) is 56.7 Å². The number of amides is 1. The molecule has 1 saturated heterocycles. The molecule has 1 amide bonds. The molecule has 138 valence electrons. The Hall–Kier alpha value is -1.79. The van der Waals surface area contributed by atoms with Crippen LogP contribution in [0.15, 0.2) is 12.1 Å². The molecule has 0 radical (unpaired) electrons. The summed E-state index contributed by atoms with van der Waals surface area (Å²) in [7, 11) is 3.41. The van der Waals surface area contributed by atoms with Crippen molar-refractivity contribution in [2.45, 2.75) is 44.9 Å². The lowest BCUT2D eigenvalue weighted by molar-refractivity contribution is -0.122. The van der Waals surface area contributed by atoms with Crippen molar-refractivity contribution in [1.82, 2.24) is 15.5 Å². The van der Waals surface area contributed by atoms with Crippen LogP contribution in [0.1, 0.15) is 30.9 Å². The molecule has 0 spiro atoms. The van der Waals surface area contributed by atoms with Crippen molar-refractivity contribution in [3.8, 4) is 11.5 Å². The molecule has 2 N–H and O–H groups in total. The first-order valence-corrected chi connectivity index (χ1v) is 9.11. The maximum atomic E-state index is 11.5. The van der Waals surface area contributed by atoms with Crippen molar-refractivity contribution in [1.29, 1.82) is 0 Å². The molecule has 1 aromatic carbocycles. The number of benzene rings is 1. The van der Waals surface area contributed by atoms with Crippen LogP contribution in [0.25, 0.3) is 0 Å². The molecule has 1 unspecified atom stereocenters. The molecule has 0 bridgehead atoms. The fraction of sp³-hybridized carbons (Fsp3) is 0.632. The van der Waals surface area contributed by atoms with E-state index < -0.39 is 0 Å². The number of ether oxygens (including phenoxy) is 2. The first-order valence-electron chi connectivity index (χ1n) is 9.11. The van der Waals surface area contributed by atoms with Crippen LogP contribution in [-0.2, 0) is 17.8 Å². The fourth-order valence-electron chi connectivity index (χ4n) is 3.64. The Morgan fingerprint density at radius 2 is 2.12 bits per heavy atom. The number of carbonyl (C=O) groups excluding carboxylic acids is 1. The Kier molecular flexibility index (Phi) is 5.81. The van der Waals surface area contributed by atoms with E-state index in [0.717, 1.165) is 56.0 Å². The van der Waals surface area contributed by atoms with E-state index in [1.54, 1.807) is 14.2 Å². The molecule has 6 heteroatoms. The minimum atomic E-state index is 0.0866. The molecule has 3 rings (SSSR count). The predicted octanol–water partition coefficient (Wildman–Crippen LogP) is 1.32. The normalized spacial score (nSPS) is 20.8. The van der Waals surface area contributed by atoms with Gasteiger partial charge in [-0.15, -0.1) is 0 Å². The summed E-state index contributed by atoms with van der Waals surface area (Å²) in [5.41, 5.74) is 2.37. The van der Waals surface area contributed by atoms with Crippen molar-refractivity contribution in [2.24, 2.45) is 0 Å². The van der Waals surface area contributed by atoms with Gasteiger partial charge in [-0.3, -0.25) is 9.69 Å². The number of piperidine rings is 1. The lowest BCUT2D eigenvalue weighted by Crippen LogP contribution is -2.45. The van der Waals surface area contributed by atoms with Gasteiger partial charge in [0, 0.05) is 50.3 Å². The van der Waals surface area contributed by atoms with Crippen LogP contribution < -0.4 is 20.1 Å². The van der Waals surface area contributed by atoms with E-state index in [9.17, 15) is 4.79 Å². The molecule has 0 aromatic heterocycles. The maximum Gasteiger partial charge on any atom is 0.233 e. The number of likely N-dealkylation sites (tertiary alicyclic amines) is 1. The molecule has 1 fully saturated rings. The minimum absolute atomic E-state index is 0.0866. The Morgan fingerprint density at radius 3 is 2.80 bits per heavy atom. The summed E-state index contributed by atoms with van der Waals surface area (Å²) in [4.78, 5) is 13.7. The van der Waals surface area contributed by atoms with Gasteiger partial charge in [-0.2, -0.15) is 0 Å². The number of hydrogen-bond donors (Lipinski definition) is 2. The average Bonchev–Trinajstić information content (AvgIpc) is 2.98. The highest BCUT2D eigenvalue weighted by Gasteiger charge is 2.23. The third-order valence-electron chi connectivity index (χ3n) is 5.11. The summed E-state index contributed by atoms with van der Waals surface area (Å²) >= 11 is 0. The molecule has 0 aliphatic carbocycles. The van der Waals surface area contributed by atoms with Gasteiger partial charge in [-0.05, 0) is 31.9 Å². The highest BCUT2D eigenvalue weighted by atomic mass is 16.5. The summed E-state index contributed by atoms with van der Waals surface area (Å²) in [6.45, 7) is 5.27. The number of rotatable bonds is 6. The largest absolute Gasteiger partial charge is 0.496 e. The molecular formula is C19H29N3O3.